The molecule has 0 amide bonds. The van der Waals surface area contributed by atoms with Crippen molar-refractivity contribution < 1.29 is 4.39 Å². The Balaban J connectivity index is 1.70. The van der Waals surface area contributed by atoms with E-state index in [0.29, 0.717) is 5.54 Å². The Morgan fingerprint density at radius 1 is 1.25 bits per heavy atom. The predicted molar refractivity (Wildman–Crippen MR) is 80.5 cm³/mol. The fraction of sp³-hybridized carbons (Fsp3) is 0.625. The molecule has 1 aliphatic heterocycles. The van der Waals surface area contributed by atoms with E-state index in [0.717, 1.165) is 31.7 Å². The third-order valence-electron chi connectivity index (χ3n) is 4.63. The molecule has 1 N–H and O–H groups in total. The predicted octanol–water partition coefficient (Wildman–Crippen LogP) is 3.59. The Morgan fingerprint density at radius 3 is 2.80 bits per heavy atom. The van der Waals surface area contributed by atoms with Gasteiger partial charge in [-0.1, -0.05) is 30.5 Å². The molecule has 1 aliphatic carbocycles. The quantitative estimate of drug-likeness (QED) is 0.897. The van der Waals surface area contributed by atoms with Gasteiger partial charge in [-0.25, -0.2) is 4.39 Å². The van der Waals surface area contributed by atoms with Crippen molar-refractivity contribution in [1.82, 2.24) is 10.2 Å². The maximum absolute atomic E-state index is 13.2. The zero-order valence-corrected chi connectivity index (χ0v) is 12.6. The third kappa shape index (κ3) is 3.16. The van der Waals surface area contributed by atoms with E-state index in [1.54, 1.807) is 6.07 Å². The maximum atomic E-state index is 13.2. The van der Waals surface area contributed by atoms with Crippen LogP contribution in [0.1, 0.15) is 37.7 Å². The van der Waals surface area contributed by atoms with Gasteiger partial charge in [0.2, 0.25) is 0 Å². The molecule has 0 atom stereocenters. The summed E-state index contributed by atoms with van der Waals surface area (Å²) in [5.74, 6) is -0.333. The molecule has 0 bridgehead atoms. The summed E-state index contributed by atoms with van der Waals surface area (Å²) in [6.45, 7) is 4.18. The van der Waals surface area contributed by atoms with Crippen LogP contribution in [0.5, 0.6) is 0 Å². The lowest BCUT2D eigenvalue weighted by atomic mass is 9.97. The number of hydrogen-bond donors (Lipinski definition) is 1. The van der Waals surface area contributed by atoms with Crippen LogP contribution in [0, 0.1) is 5.82 Å². The molecular weight excluding hydrogens is 275 g/mol. The van der Waals surface area contributed by atoms with Crippen LogP contribution in [0.25, 0.3) is 0 Å². The molecule has 0 aromatic heterocycles. The Labute approximate surface area is 125 Å². The van der Waals surface area contributed by atoms with Gasteiger partial charge in [-0.05, 0) is 50.0 Å². The number of nitrogens with one attached hydrogen (secondary N) is 1. The van der Waals surface area contributed by atoms with Gasteiger partial charge in [0.05, 0.1) is 5.02 Å². The van der Waals surface area contributed by atoms with Crippen molar-refractivity contribution >= 4 is 11.6 Å². The second-order valence-corrected chi connectivity index (χ2v) is 6.63. The van der Waals surface area contributed by atoms with Crippen LogP contribution < -0.4 is 5.32 Å². The third-order valence-corrected chi connectivity index (χ3v) is 4.92. The highest BCUT2D eigenvalue weighted by Crippen LogP contribution is 2.32. The second kappa shape index (κ2) is 6.00. The number of halogens is 2. The van der Waals surface area contributed by atoms with Crippen LogP contribution in [-0.2, 0) is 6.54 Å². The molecule has 4 heteroatoms. The van der Waals surface area contributed by atoms with Gasteiger partial charge in [0.1, 0.15) is 5.82 Å². The smallest absolute Gasteiger partial charge is 0.141 e. The maximum Gasteiger partial charge on any atom is 0.141 e. The lowest BCUT2D eigenvalue weighted by Crippen LogP contribution is -2.49. The molecule has 1 heterocycles. The number of rotatable bonds is 2. The standard InChI is InChI=1S/C16H22ClFN2/c17-14-10-13(4-5-15(14)18)11-20-9-3-8-19-16(12-20)6-1-2-7-16/h4-5,10,19H,1-3,6-9,11-12H2. The molecule has 1 spiro atoms. The molecule has 2 fully saturated rings. The zero-order valence-electron chi connectivity index (χ0n) is 11.8. The van der Waals surface area contributed by atoms with Crippen LogP contribution in [0.3, 0.4) is 0 Å². The first kappa shape index (κ1) is 14.3. The normalized spacial score (nSPS) is 23.1. The topological polar surface area (TPSA) is 15.3 Å². The Kier molecular flexibility index (Phi) is 4.29. The molecule has 3 rings (SSSR count). The molecule has 1 saturated carbocycles. The fourth-order valence-electron chi connectivity index (χ4n) is 3.64. The van der Waals surface area contributed by atoms with Crippen LogP contribution in [-0.4, -0.2) is 30.1 Å². The minimum Gasteiger partial charge on any atom is -0.310 e. The number of benzene rings is 1. The van der Waals surface area contributed by atoms with Crippen molar-refractivity contribution in [3.8, 4) is 0 Å². The summed E-state index contributed by atoms with van der Waals surface area (Å²) in [6.07, 6.45) is 6.42. The summed E-state index contributed by atoms with van der Waals surface area (Å²) in [7, 11) is 0. The molecule has 20 heavy (non-hydrogen) atoms. The minimum atomic E-state index is -0.333. The number of nitrogens with zero attached hydrogens (tertiary/aromatic N) is 1. The van der Waals surface area contributed by atoms with Crippen LogP contribution >= 0.6 is 11.6 Å². The second-order valence-electron chi connectivity index (χ2n) is 6.23. The fourth-order valence-corrected chi connectivity index (χ4v) is 3.84. The van der Waals surface area contributed by atoms with Crippen molar-refractivity contribution in [3.63, 3.8) is 0 Å². The highest BCUT2D eigenvalue weighted by molar-refractivity contribution is 6.30. The average Bonchev–Trinajstić information content (AvgIpc) is 2.77. The first-order chi connectivity index (χ1) is 9.67. The SMILES string of the molecule is Fc1ccc(CN2CCCNC3(CCCC3)C2)cc1Cl. The largest absolute Gasteiger partial charge is 0.310 e. The van der Waals surface area contributed by atoms with Gasteiger partial charge in [0.15, 0.2) is 0 Å². The molecule has 0 radical (unpaired) electrons. The summed E-state index contributed by atoms with van der Waals surface area (Å²) in [6, 6.07) is 5.08. The van der Waals surface area contributed by atoms with E-state index in [9.17, 15) is 4.39 Å². The van der Waals surface area contributed by atoms with Crippen molar-refractivity contribution in [2.24, 2.45) is 0 Å². The van der Waals surface area contributed by atoms with Crippen molar-refractivity contribution in [3.05, 3.63) is 34.6 Å². The summed E-state index contributed by atoms with van der Waals surface area (Å²) in [4.78, 5) is 2.49. The van der Waals surface area contributed by atoms with Gasteiger partial charge < -0.3 is 5.32 Å². The number of hydrogen-bond acceptors (Lipinski definition) is 2. The van der Waals surface area contributed by atoms with E-state index in [2.05, 4.69) is 10.2 Å². The van der Waals surface area contributed by atoms with E-state index in [1.165, 1.54) is 38.2 Å². The lowest BCUT2D eigenvalue weighted by molar-refractivity contribution is 0.203. The minimum absolute atomic E-state index is 0.228. The van der Waals surface area contributed by atoms with E-state index in [-0.39, 0.29) is 10.8 Å². The van der Waals surface area contributed by atoms with Gasteiger partial charge in [-0.3, -0.25) is 4.90 Å². The van der Waals surface area contributed by atoms with E-state index >= 15 is 0 Å². The van der Waals surface area contributed by atoms with Gasteiger partial charge in [0, 0.05) is 18.6 Å². The highest BCUT2D eigenvalue weighted by Gasteiger charge is 2.36. The molecule has 2 aliphatic rings. The average molecular weight is 297 g/mol. The first-order valence-electron chi connectivity index (χ1n) is 7.58. The summed E-state index contributed by atoms with van der Waals surface area (Å²) in [5.41, 5.74) is 1.42. The Bertz CT molecular complexity index is 472. The first-order valence-corrected chi connectivity index (χ1v) is 7.96. The van der Waals surface area contributed by atoms with Crippen LogP contribution in [0.15, 0.2) is 18.2 Å². The van der Waals surface area contributed by atoms with Crippen molar-refractivity contribution in [1.29, 1.82) is 0 Å². The van der Waals surface area contributed by atoms with E-state index in [1.807, 2.05) is 6.07 Å². The van der Waals surface area contributed by atoms with Gasteiger partial charge >= 0.3 is 0 Å². The molecule has 1 saturated heterocycles. The van der Waals surface area contributed by atoms with Crippen LogP contribution in [0.2, 0.25) is 5.02 Å². The Morgan fingerprint density at radius 2 is 2.05 bits per heavy atom. The van der Waals surface area contributed by atoms with Gasteiger partial charge in [0.25, 0.3) is 0 Å². The molecule has 2 nitrogen and oxygen atoms in total. The van der Waals surface area contributed by atoms with Crippen LogP contribution in [0.4, 0.5) is 4.39 Å². The molecule has 110 valence electrons. The molecule has 1 aromatic rings. The monoisotopic (exact) mass is 296 g/mol. The lowest BCUT2D eigenvalue weighted by Gasteiger charge is -2.33. The van der Waals surface area contributed by atoms with E-state index < -0.39 is 0 Å². The summed E-state index contributed by atoms with van der Waals surface area (Å²) in [5, 5.41) is 3.99. The molecular formula is C16H22ClFN2. The zero-order chi connectivity index (χ0) is 14.0. The van der Waals surface area contributed by atoms with Gasteiger partial charge in [-0.2, -0.15) is 0 Å². The summed E-state index contributed by atoms with van der Waals surface area (Å²) >= 11 is 5.88. The van der Waals surface area contributed by atoms with Crippen molar-refractivity contribution in [2.75, 3.05) is 19.6 Å². The van der Waals surface area contributed by atoms with Gasteiger partial charge in [-0.15, -0.1) is 0 Å². The van der Waals surface area contributed by atoms with E-state index in [4.69, 9.17) is 11.6 Å². The highest BCUT2D eigenvalue weighted by atomic mass is 35.5. The Hall–Kier alpha value is -0.640. The van der Waals surface area contributed by atoms with Crippen molar-refractivity contribution in [2.45, 2.75) is 44.2 Å². The summed E-state index contributed by atoms with van der Waals surface area (Å²) < 4.78 is 13.2. The molecule has 1 aromatic carbocycles. The molecule has 0 unspecified atom stereocenters.